The molecule has 0 atom stereocenters. The Morgan fingerprint density at radius 2 is 1.90 bits per heavy atom. The van der Waals surface area contributed by atoms with E-state index in [1.807, 2.05) is 57.6 Å². The van der Waals surface area contributed by atoms with Crippen molar-refractivity contribution < 1.29 is 14.6 Å². The fraction of sp³-hybridized carbons (Fsp3) is 0.323. The predicted octanol–water partition coefficient (Wildman–Crippen LogP) is 8.41. The lowest BCUT2D eigenvalue weighted by Gasteiger charge is -2.24. The molecule has 202 valence electrons. The fourth-order valence-electron chi connectivity index (χ4n) is 4.99. The fourth-order valence-corrected chi connectivity index (χ4v) is 6.28. The highest BCUT2D eigenvalue weighted by Gasteiger charge is 2.24. The number of nitrogens with zero attached hydrogens (tertiary/aromatic N) is 3. The van der Waals surface area contributed by atoms with Crippen molar-refractivity contribution in [2.24, 2.45) is 7.05 Å². The summed E-state index contributed by atoms with van der Waals surface area (Å²) >= 11 is 7.95. The van der Waals surface area contributed by atoms with Gasteiger partial charge in [-0.2, -0.15) is 5.10 Å². The van der Waals surface area contributed by atoms with Gasteiger partial charge in [0.05, 0.1) is 27.8 Å². The first kappa shape index (κ1) is 27.2. The van der Waals surface area contributed by atoms with Gasteiger partial charge in [-0.1, -0.05) is 25.4 Å². The molecule has 0 bridgehead atoms. The van der Waals surface area contributed by atoms with Crippen molar-refractivity contribution >= 4 is 50.0 Å². The van der Waals surface area contributed by atoms with Gasteiger partial charge in [0.1, 0.15) is 16.4 Å². The largest absolute Gasteiger partial charge is 0.487 e. The molecule has 0 spiro atoms. The molecule has 1 N–H and O–H groups in total. The van der Waals surface area contributed by atoms with Crippen molar-refractivity contribution in [3.05, 3.63) is 64.3 Å². The van der Waals surface area contributed by atoms with Crippen LogP contribution in [0.2, 0.25) is 5.02 Å². The highest BCUT2D eigenvalue weighted by molar-refractivity contribution is 7.22. The molecule has 2 aromatic heterocycles. The van der Waals surface area contributed by atoms with E-state index in [1.54, 1.807) is 17.4 Å². The molecule has 0 saturated carbocycles. The zero-order valence-corrected chi connectivity index (χ0v) is 24.8. The van der Waals surface area contributed by atoms with E-state index in [1.165, 1.54) is 0 Å². The summed E-state index contributed by atoms with van der Waals surface area (Å²) in [5.41, 5.74) is 6.75. The van der Waals surface area contributed by atoms with Crippen molar-refractivity contribution in [1.29, 1.82) is 0 Å². The van der Waals surface area contributed by atoms with Crippen LogP contribution >= 0.6 is 22.9 Å². The Labute approximate surface area is 237 Å². The number of rotatable bonds is 6. The Morgan fingerprint density at radius 3 is 2.56 bits per heavy atom. The van der Waals surface area contributed by atoms with Crippen LogP contribution in [0.25, 0.3) is 42.8 Å². The lowest BCUT2D eigenvalue weighted by molar-refractivity contribution is -0.136. The Hall–Kier alpha value is -3.42. The monoisotopic (exact) mass is 561 g/mol. The molecule has 0 aliphatic carbocycles. The van der Waals surface area contributed by atoms with Crippen molar-refractivity contribution in [2.45, 2.75) is 59.5 Å². The number of benzene rings is 3. The third-order valence-corrected chi connectivity index (χ3v) is 8.01. The van der Waals surface area contributed by atoms with E-state index >= 15 is 0 Å². The highest BCUT2D eigenvalue weighted by atomic mass is 35.5. The summed E-state index contributed by atoms with van der Waals surface area (Å²) < 4.78 is 9.18. The molecule has 6 nitrogen and oxygen atoms in total. The summed E-state index contributed by atoms with van der Waals surface area (Å²) in [6.45, 7) is 12.2. The van der Waals surface area contributed by atoms with Gasteiger partial charge >= 0.3 is 5.97 Å². The molecule has 0 saturated heterocycles. The number of carbonyl (C=O) groups is 1. The van der Waals surface area contributed by atoms with Crippen LogP contribution in [-0.2, 0) is 18.3 Å². The molecule has 3 aromatic carbocycles. The Morgan fingerprint density at radius 1 is 1.15 bits per heavy atom. The Balaban J connectivity index is 1.78. The number of carboxylic acids is 1. The number of hydrogen-bond acceptors (Lipinski definition) is 5. The van der Waals surface area contributed by atoms with E-state index in [9.17, 15) is 9.90 Å². The third kappa shape index (κ3) is 5.25. The van der Waals surface area contributed by atoms with Gasteiger partial charge in [0.15, 0.2) is 0 Å². The average molecular weight is 562 g/mol. The molecule has 0 amide bonds. The van der Waals surface area contributed by atoms with Gasteiger partial charge in [-0.15, -0.1) is 11.3 Å². The molecular weight excluding hydrogens is 530 g/mol. The van der Waals surface area contributed by atoms with Gasteiger partial charge < -0.3 is 9.84 Å². The third-order valence-electron chi connectivity index (χ3n) is 6.64. The maximum absolute atomic E-state index is 12.0. The maximum Gasteiger partial charge on any atom is 0.307 e. The molecular formula is C31H32ClN3O3S. The van der Waals surface area contributed by atoms with Crippen LogP contribution in [-0.4, -0.2) is 31.4 Å². The molecule has 39 heavy (non-hydrogen) atoms. The molecule has 8 heteroatoms. The predicted molar refractivity (Wildman–Crippen MR) is 160 cm³/mol. The lowest BCUT2D eigenvalue weighted by Crippen LogP contribution is -2.23. The zero-order chi connectivity index (χ0) is 28.2. The topological polar surface area (TPSA) is 77.2 Å². The number of fused-ring (bicyclic) bond motifs is 2. The van der Waals surface area contributed by atoms with Gasteiger partial charge in [-0.05, 0) is 87.2 Å². The van der Waals surface area contributed by atoms with Crippen LogP contribution in [0.4, 0.5) is 0 Å². The number of ether oxygens (including phenoxy) is 1. The number of thiazole rings is 1. The summed E-state index contributed by atoms with van der Waals surface area (Å²) in [6, 6.07) is 13.8. The first-order valence-electron chi connectivity index (χ1n) is 12.9. The zero-order valence-electron chi connectivity index (χ0n) is 23.2. The second kappa shape index (κ2) is 9.96. The lowest BCUT2D eigenvalue weighted by atomic mass is 9.92. The molecule has 0 radical (unpaired) electrons. The number of aromatic nitrogens is 3. The van der Waals surface area contributed by atoms with Gasteiger partial charge in [-0.3, -0.25) is 9.48 Å². The number of aryl methyl sites for hydroxylation is 2. The molecule has 0 aliphatic rings. The highest BCUT2D eigenvalue weighted by Crippen LogP contribution is 2.45. The van der Waals surface area contributed by atoms with E-state index in [0.29, 0.717) is 16.7 Å². The molecule has 5 aromatic rings. The van der Waals surface area contributed by atoms with E-state index < -0.39 is 11.6 Å². The standard InChI is InChI=1S/C31H32ClN3O3S/c1-16(2)28-22-13-18(8-11-24(22)35(7)34-28)30-33-23-12-17(3)21(15-26(36)37)27(29(23)39-30)20-10-9-19(32)14-25(20)38-31(4,5)6/h8-14,16H,15H2,1-7H3,(H,36,37). The van der Waals surface area contributed by atoms with Crippen LogP contribution in [0.5, 0.6) is 5.75 Å². The van der Waals surface area contributed by atoms with Gasteiger partial charge in [0.25, 0.3) is 0 Å². The molecule has 5 rings (SSSR count). The Kier molecular flexibility index (Phi) is 6.93. The van der Waals surface area contributed by atoms with Crippen LogP contribution in [0.15, 0.2) is 42.5 Å². The number of aliphatic carboxylic acids is 1. The minimum absolute atomic E-state index is 0.110. The van der Waals surface area contributed by atoms with Crippen LogP contribution in [0.1, 0.15) is 57.4 Å². The van der Waals surface area contributed by atoms with Crippen molar-refractivity contribution in [1.82, 2.24) is 14.8 Å². The molecule has 0 unspecified atom stereocenters. The normalized spacial score (nSPS) is 12.1. The quantitative estimate of drug-likeness (QED) is 0.225. The molecule has 0 fully saturated rings. The molecule has 2 heterocycles. The van der Waals surface area contributed by atoms with Crippen LogP contribution in [0, 0.1) is 6.92 Å². The second-order valence-electron chi connectivity index (χ2n) is 11.2. The van der Waals surface area contributed by atoms with Gasteiger partial charge in [0.2, 0.25) is 0 Å². The minimum atomic E-state index is -0.890. The van der Waals surface area contributed by atoms with Gasteiger partial charge in [0, 0.05) is 34.1 Å². The summed E-state index contributed by atoms with van der Waals surface area (Å²) in [5.74, 6) is 0.0130. The smallest absolute Gasteiger partial charge is 0.307 e. The van der Waals surface area contributed by atoms with E-state index in [0.717, 1.165) is 59.6 Å². The summed E-state index contributed by atoms with van der Waals surface area (Å²) in [6.07, 6.45) is -0.110. The molecule has 0 aliphatic heterocycles. The maximum atomic E-state index is 12.0. The van der Waals surface area contributed by atoms with Crippen molar-refractivity contribution in [2.75, 3.05) is 0 Å². The summed E-state index contributed by atoms with van der Waals surface area (Å²) in [7, 11) is 1.97. The number of hydrogen-bond donors (Lipinski definition) is 1. The number of halogens is 1. The number of carboxylic acid groups (broad SMARTS) is 1. The average Bonchev–Trinajstić information content (AvgIpc) is 3.40. The Bertz CT molecular complexity index is 1740. The summed E-state index contributed by atoms with van der Waals surface area (Å²) in [5, 5.41) is 17.1. The first-order chi connectivity index (χ1) is 18.3. The van der Waals surface area contributed by atoms with Crippen molar-refractivity contribution in [3.8, 4) is 27.4 Å². The van der Waals surface area contributed by atoms with Gasteiger partial charge in [-0.25, -0.2) is 4.98 Å². The minimum Gasteiger partial charge on any atom is -0.487 e. The van der Waals surface area contributed by atoms with E-state index in [-0.39, 0.29) is 6.42 Å². The van der Waals surface area contributed by atoms with E-state index in [4.69, 9.17) is 26.4 Å². The second-order valence-corrected chi connectivity index (χ2v) is 12.7. The first-order valence-corrected chi connectivity index (χ1v) is 14.1. The summed E-state index contributed by atoms with van der Waals surface area (Å²) in [4.78, 5) is 17.0. The van der Waals surface area contributed by atoms with Crippen LogP contribution < -0.4 is 4.74 Å². The van der Waals surface area contributed by atoms with Crippen molar-refractivity contribution in [3.63, 3.8) is 0 Å². The van der Waals surface area contributed by atoms with E-state index in [2.05, 4.69) is 32.0 Å². The van der Waals surface area contributed by atoms with Crippen LogP contribution in [0.3, 0.4) is 0 Å². The SMILES string of the molecule is Cc1cc2nc(-c3ccc4c(c3)c(C(C)C)nn4C)sc2c(-c2ccc(Cl)cc2OC(C)(C)C)c1CC(=O)O.